The number of benzene rings is 1. The van der Waals surface area contributed by atoms with Crippen molar-refractivity contribution in [2.45, 2.75) is 25.5 Å². The molecule has 1 amide bonds. The van der Waals surface area contributed by atoms with E-state index in [0.717, 1.165) is 22.7 Å². The molecule has 2 aromatic heterocycles. The molecule has 2 N–H and O–H groups in total. The van der Waals surface area contributed by atoms with Crippen LogP contribution in [-0.4, -0.2) is 23.2 Å². The van der Waals surface area contributed by atoms with Gasteiger partial charge in [-0.05, 0) is 23.8 Å². The summed E-state index contributed by atoms with van der Waals surface area (Å²) in [5.41, 5.74) is 2.70. The van der Waals surface area contributed by atoms with Crippen LogP contribution < -0.4 is 5.32 Å². The average Bonchev–Trinajstić information content (AvgIpc) is 3.31. The summed E-state index contributed by atoms with van der Waals surface area (Å²) in [4.78, 5) is 12.4. The fourth-order valence-electron chi connectivity index (χ4n) is 2.73. The highest BCUT2D eigenvalue weighted by atomic mass is 16.5. The van der Waals surface area contributed by atoms with Gasteiger partial charge in [0.1, 0.15) is 5.76 Å². The summed E-state index contributed by atoms with van der Waals surface area (Å²) in [5.74, 6) is 0.625. The van der Waals surface area contributed by atoms with E-state index >= 15 is 0 Å². The van der Waals surface area contributed by atoms with Crippen LogP contribution >= 0.6 is 0 Å². The zero-order valence-electron chi connectivity index (χ0n) is 14.1. The van der Waals surface area contributed by atoms with Gasteiger partial charge in [0.2, 0.25) is 5.91 Å². The van der Waals surface area contributed by atoms with Crippen LogP contribution in [0.2, 0.25) is 0 Å². The minimum absolute atomic E-state index is 0.0480. The number of furan rings is 1. The number of nitrogens with zero attached hydrogens (tertiary/aromatic N) is 1. The number of carbonyl (C=O) groups is 1. The first-order valence-electron chi connectivity index (χ1n) is 8.13. The Hall–Kier alpha value is -2.86. The Labute approximate surface area is 146 Å². The Morgan fingerprint density at radius 2 is 2.12 bits per heavy atom. The number of ether oxygens (including phenoxy) is 1. The zero-order chi connectivity index (χ0) is 17.5. The maximum atomic E-state index is 12.4. The summed E-state index contributed by atoms with van der Waals surface area (Å²) in [6.07, 6.45) is 1.95. The molecule has 0 saturated carbocycles. The molecule has 0 radical (unpaired) electrons. The number of hydrogen-bond acceptors (Lipinski definition) is 4. The second kappa shape index (κ2) is 8.30. The minimum atomic E-state index is -0.109. The predicted molar refractivity (Wildman–Crippen MR) is 92.8 cm³/mol. The molecule has 0 aliphatic rings. The lowest BCUT2D eigenvalue weighted by atomic mass is 9.93. The number of rotatable bonds is 8. The molecule has 130 valence electrons. The summed E-state index contributed by atoms with van der Waals surface area (Å²) in [6.45, 7) is 0.842. The van der Waals surface area contributed by atoms with Crippen molar-refractivity contribution >= 4 is 5.91 Å². The van der Waals surface area contributed by atoms with E-state index in [1.54, 1.807) is 13.4 Å². The Morgan fingerprint density at radius 3 is 2.84 bits per heavy atom. The van der Waals surface area contributed by atoms with E-state index in [9.17, 15) is 4.79 Å². The van der Waals surface area contributed by atoms with Crippen molar-refractivity contribution in [3.05, 3.63) is 77.5 Å². The number of aromatic nitrogens is 2. The smallest absolute Gasteiger partial charge is 0.221 e. The predicted octanol–water partition coefficient (Wildman–Crippen LogP) is 2.99. The van der Waals surface area contributed by atoms with E-state index < -0.39 is 0 Å². The van der Waals surface area contributed by atoms with Gasteiger partial charge in [0.05, 0.1) is 36.7 Å². The number of hydrogen-bond donors (Lipinski definition) is 2. The molecule has 1 atom stereocenters. The van der Waals surface area contributed by atoms with Crippen molar-refractivity contribution in [3.63, 3.8) is 0 Å². The Morgan fingerprint density at radius 1 is 1.28 bits per heavy atom. The van der Waals surface area contributed by atoms with Gasteiger partial charge >= 0.3 is 0 Å². The number of amides is 1. The molecule has 3 rings (SSSR count). The summed E-state index contributed by atoms with van der Waals surface area (Å²) in [5, 5.41) is 9.94. The van der Waals surface area contributed by atoms with Crippen molar-refractivity contribution < 1.29 is 13.9 Å². The number of nitrogens with one attached hydrogen (secondary N) is 2. The Bertz CT molecular complexity index is 781. The monoisotopic (exact) mass is 339 g/mol. The van der Waals surface area contributed by atoms with E-state index in [4.69, 9.17) is 9.15 Å². The van der Waals surface area contributed by atoms with Crippen molar-refractivity contribution in [3.8, 4) is 0 Å². The number of aromatic amines is 1. The summed E-state index contributed by atoms with van der Waals surface area (Å²) < 4.78 is 10.6. The molecule has 0 spiro atoms. The highest BCUT2D eigenvalue weighted by Gasteiger charge is 2.20. The highest BCUT2D eigenvalue weighted by molar-refractivity contribution is 5.77. The molecule has 0 saturated heterocycles. The molecule has 1 unspecified atom stereocenters. The van der Waals surface area contributed by atoms with Crippen LogP contribution in [0.5, 0.6) is 0 Å². The third-order valence-electron chi connectivity index (χ3n) is 3.93. The van der Waals surface area contributed by atoms with Gasteiger partial charge in [-0.15, -0.1) is 0 Å². The maximum Gasteiger partial charge on any atom is 0.221 e. The Kier molecular flexibility index (Phi) is 5.64. The van der Waals surface area contributed by atoms with Crippen LogP contribution in [-0.2, 0) is 22.7 Å². The molecule has 0 aliphatic heterocycles. The molecular weight excluding hydrogens is 318 g/mol. The minimum Gasteiger partial charge on any atom is -0.469 e. The van der Waals surface area contributed by atoms with E-state index in [1.165, 1.54) is 0 Å². The average molecular weight is 339 g/mol. The quantitative estimate of drug-likeness (QED) is 0.661. The molecule has 6 nitrogen and oxygen atoms in total. The van der Waals surface area contributed by atoms with E-state index in [0.29, 0.717) is 19.6 Å². The molecule has 1 aromatic carbocycles. The topological polar surface area (TPSA) is 80.1 Å². The van der Waals surface area contributed by atoms with Gasteiger partial charge in [-0.2, -0.15) is 5.10 Å². The lowest BCUT2D eigenvalue weighted by molar-refractivity contribution is -0.121. The van der Waals surface area contributed by atoms with Crippen LogP contribution in [0.1, 0.15) is 35.1 Å². The van der Waals surface area contributed by atoms with Crippen LogP contribution in [0.25, 0.3) is 0 Å². The van der Waals surface area contributed by atoms with Gasteiger partial charge in [0, 0.05) is 13.5 Å². The molecule has 2 heterocycles. The van der Waals surface area contributed by atoms with Gasteiger partial charge < -0.3 is 14.5 Å². The van der Waals surface area contributed by atoms with Crippen molar-refractivity contribution in [2.75, 3.05) is 7.11 Å². The molecule has 0 bridgehead atoms. The lowest BCUT2D eigenvalue weighted by Crippen LogP contribution is -2.25. The summed E-state index contributed by atoms with van der Waals surface area (Å²) >= 11 is 0. The van der Waals surface area contributed by atoms with Crippen molar-refractivity contribution in [1.29, 1.82) is 0 Å². The van der Waals surface area contributed by atoms with Crippen LogP contribution in [0.3, 0.4) is 0 Å². The molecule has 6 heteroatoms. The standard InChI is InChI=1S/C19H21N3O3/c1-24-13-16-10-15(21-22-16)12-20-19(23)11-17(18-8-5-9-25-18)14-6-3-2-4-7-14/h2-10,17H,11-13H2,1H3,(H,20,23)(H,21,22). The largest absolute Gasteiger partial charge is 0.469 e. The molecule has 3 aromatic rings. The van der Waals surface area contributed by atoms with E-state index in [1.807, 2.05) is 48.5 Å². The first-order valence-corrected chi connectivity index (χ1v) is 8.13. The zero-order valence-corrected chi connectivity index (χ0v) is 14.1. The maximum absolute atomic E-state index is 12.4. The first kappa shape index (κ1) is 17.0. The molecule has 0 aliphatic carbocycles. The van der Waals surface area contributed by atoms with Gasteiger partial charge in [-0.3, -0.25) is 9.89 Å². The molecular formula is C19H21N3O3. The first-order chi connectivity index (χ1) is 12.3. The summed E-state index contributed by atoms with van der Waals surface area (Å²) in [7, 11) is 1.62. The number of methoxy groups -OCH3 is 1. The third-order valence-corrected chi connectivity index (χ3v) is 3.93. The number of H-pyrrole nitrogens is 1. The van der Waals surface area contributed by atoms with E-state index in [-0.39, 0.29) is 11.8 Å². The van der Waals surface area contributed by atoms with Gasteiger partial charge in [-0.1, -0.05) is 30.3 Å². The fraction of sp³-hybridized carbons (Fsp3) is 0.263. The molecule has 0 fully saturated rings. The highest BCUT2D eigenvalue weighted by Crippen LogP contribution is 2.28. The third kappa shape index (κ3) is 4.58. The van der Waals surface area contributed by atoms with Crippen molar-refractivity contribution in [1.82, 2.24) is 15.5 Å². The normalized spacial score (nSPS) is 12.0. The van der Waals surface area contributed by atoms with E-state index in [2.05, 4.69) is 15.5 Å². The second-order valence-electron chi connectivity index (χ2n) is 5.78. The SMILES string of the molecule is COCc1cc(CNC(=O)CC(c2ccccc2)c2ccco2)[nH]n1. The van der Waals surface area contributed by atoms with Gasteiger partial charge in [0.15, 0.2) is 0 Å². The van der Waals surface area contributed by atoms with Crippen LogP contribution in [0, 0.1) is 0 Å². The molecule has 25 heavy (non-hydrogen) atoms. The van der Waals surface area contributed by atoms with Crippen LogP contribution in [0.4, 0.5) is 0 Å². The lowest BCUT2D eigenvalue weighted by Gasteiger charge is -2.15. The number of carbonyl (C=O) groups excluding carboxylic acids is 1. The van der Waals surface area contributed by atoms with Crippen LogP contribution in [0.15, 0.2) is 59.2 Å². The van der Waals surface area contributed by atoms with Gasteiger partial charge in [0.25, 0.3) is 0 Å². The fourth-order valence-corrected chi connectivity index (χ4v) is 2.73. The van der Waals surface area contributed by atoms with Crippen molar-refractivity contribution in [2.24, 2.45) is 0 Å². The second-order valence-corrected chi connectivity index (χ2v) is 5.78. The van der Waals surface area contributed by atoms with Gasteiger partial charge in [-0.25, -0.2) is 0 Å². The Balaban J connectivity index is 1.62. The summed E-state index contributed by atoms with van der Waals surface area (Å²) in [6, 6.07) is 15.5.